The van der Waals surface area contributed by atoms with Crippen LogP contribution < -0.4 is 5.48 Å². The van der Waals surface area contributed by atoms with Crippen LogP contribution in [0.25, 0.3) is 0 Å². The van der Waals surface area contributed by atoms with Crippen molar-refractivity contribution in [1.82, 2.24) is 20.8 Å². The summed E-state index contributed by atoms with van der Waals surface area (Å²) in [5.41, 5.74) is 2.47. The van der Waals surface area contributed by atoms with E-state index in [1.54, 1.807) is 0 Å². The zero-order chi connectivity index (χ0) is 23.1. The Kier molecular flexibility index (Phi) is 7.87. The molecule has 13 heteroatoms. The standard InChI is InChI=1S/C19H15ClFN5O5S/c20-12-8-11(4-5-13(12)21)23-17(24-30)16-18(26-31-25-16)32-7-1-2-15(27)10-3-6-14(19(28)29)22-9-10/h3-6,8-9,30H,1-2,7H2,(H,23,24)(H,28,29). The van der Waals surface area contributed by atoms with Gasteiger partial charge in [-0.25, -0.2) is 23.8 Å². The first-order valence-electron chi connectivity index (χ1n) is 9.01. The number of ketones is 1. The summed E-state index contributed by atoms with van der Waals surface area (Å²) < 4.78 is 18.0. The van der Waals surface area contributed by atoms with Crippen LogP contribution in [0.4, 0.5) is 10.1 Å². The Balaban J connectivity index is 1.59. The second-order valence-corrected chi connectivity index (χ2v) is 7.69. The lowest BCUT2D eigenvalue weighted by atomic mass is 10.1. The van der Waals surface area contributed by atoms with E-state index in [0.717, 1.165) is 6.07 Å². The third-order valence-corrected chi connectivity index (χ3v) is 5.35. The molecule has 32 heavy (non-hydrogen) atoms. The minimum Gasteiger partial charge on any atom is -0.477 e. The Morgan fingerprint density at radius 3 is 2.72 bits per heavy atom. The summed E-state index contributed by atoms with van der Waals surface area (Å²) in [5, 5.41) is 26.0. The van der Waals surface area contributed by atoms with Gasteiger partial charge in [0.1, 0.15) is 11.5 Å². The summed E-state index contributed by atoms with van der Waals surface area (Å²) >= 11 is 6.96. The highest BCUT2D eigenvalue weighted by atomic mass is 35.5. The number of carboxylic acids is 1. The lowest BCUT2D eigenvalue weighted by Gasteiger charge is -2.04. The smallest absolute Gasteiger partial charge is 0.354 e. The number of halogens is 2. The molecule has 0 saturated heterocycles. The molecular formula is C19H15ClFN5O5S. The average molecular weight is 480 g/mol. The van der Waals surface area contributed by atoms with Gasteiger partial charge in [-0.3, -0.25) is 15.5 Å². The monoisotopic (exact) mass is 479 g/mol. The van der Waals surface area contributed by atoms with E-state index < -0.39 is 11.8 Å². The molecule has 166 valence electrons. The van der Waals surface area contributed by atoms with Gasteiger partial charge in [0.15, 0.2) is 22.3 Å². The second-order valence-electron chi connectivity index (χ2n) is 6.20. The first-order chi connectivity index (χ1) is 15.4. The molecule has 3 N–H and O–H groups in total. The van der Waals surface area contributed by atoms with Crippen LogP contribution >= 0.6 is 23.4 Å². The number of pyridine rings is 1. The highest BCUT2D eigenvalue weighted by Gasteiger charge is 2.18. The van der Waals surface area contributed by atoms with Gasteiger partial charge >= 0.3 is 5.97 Å². The van der Waals surface area contributed by atoms with E-state index in [2.05, 4.69) is 20.3 Å². The van der Waals surface area contributed by atoms with Gasteiger partial charge in [0.25, 0.3) is 0 Å². The van der Waals surface area contributed by atoms with E-state index >= 15 is 0 Å². The maximum absolute atomic E-state index is 13.3. The number of aromatic carboxylic acids is 1. The number of nitrogens with one attached hydrogen (secondary N) is 1. The number of hydrogen-bond acceptors (Lipinski definition) is 9. The normalized spacial score (nSPS) is 11.4. The minimum absolute atomic E-state index is 0.0860. The fourth-order valence-corrected chi connectivity index (χ4v) is 3.48. The molecule has 0 aliphatic rings. The Hall–Kier alpha value is -3.35. The molecule has 3 rings (SSSR count). The average Bonchev–Trinajstić information content (AvgIpc) is 3.25. The molecule has 0 aliphatic heterocycles. The molecule has 2 heterocycles. The summed E-state index contributed by atoms with van der Waals surface area (Å²) in [6, 6.07) is 6.46. The van der Waals surface area contributed by atoms with Gasteiger partial charge in [-0.05, 0) is 47.1 Å². The van der Waals surface area contributed by atoms with Crippen LogP contribution in [0.3, 0.4) is 0 Å². The van der Waals surface area contributed by atoms with Crippen LogP contribution in [-0.4, -0.2) is 49.0 Å². The zero-order valence-corrected chi connectivity index (χ0v) is 17.7. The van der Waals surface area contributed by atoms with Crippen molar-refractivity contribution in [3.8, 4) is 0 Å². The third kappa shape index (κ3) is 5.87. The number of amidine groups is 1. The van der Waals surface area contributed by atoms with Crippen LogP contribution in [0.5, 0.6) is 0 Å². The fourth-order valence-electron chi connectivity index (χ4n) is 2.47. The number of thioether (sulfide) groups is 1. The van der Waals surface area contributed by atoms with Crippen molar-refractivity contribution in [2.75, 3.05) is 5.75 Å². The number of nitrogens with zero attached hydrogens (tertiary/aromatic N) is 4. The molecule has 0 spiro atoms. The summed E-state index contributed by atoms with van der Waals surface area (Å²) in [6.45, 7) is 0. The first kappa shape index (κ1) is 23.3. The Labute approximate surface area is 189 Å². The highest BCUT2D eigenvalue weighted by Crippen LogP contribution is 2.25. The van der Waals surface area contributed by atoms with E-state index in [1.165, 1.54) is 42.2 Å². The molecule has 0 radical (unpaired) electrons. The Bertz CT molecular complexity index is 1160. The van der Waals surface area contributed by atoms with Crippen molar-refractivity contribution in [2.24, 2.45) is 4.99 Å². The Morgan fingerprint density at radius 2 is 2.06 bits per heavy atom. The summed E-state index contributed by atoms with van der Waals surface area (Å²) in [6.07, 6.45) is 1.91. The number of benzene rings is 1. The molecule has 0 saturated carbocycles. The maximum Gasteiger partial charge on any atom is 0.354 e. The van der Waals surface area contributed by atoms with Gasteiger partial charge in [-0.1, -0.05) is 11.6 Å². The van der Waals surface area contributed by atoms with Crippen LogP contribution in [-0.2, 0) is 0 Å². The number of hydrogen-bond donors (Lipinski definition) is 3. The maximum atomic E-state index is 13.3. The molecule has 0 amide bonds. The largest absolute Gasteiger partial charge is 0.477 e. The summed E-state index contributed by atoms with van der Waals surface area (Å²) in [5.74, 6) is -1.57. The highest BCUT2D eigenvalue weighted by molar-refractivity contribution is 7.99. The van der Waals surface area contributed by atoms with E-state index in [1.807, 2.05) is 5.48 Å². The number of carbonyl (C=O) groups is 2. The number of aromatic nitrogens is 3. The van der Waals surface area contributed by atoms with E-state index in [4.69, 9.17) is 21.3 Å². The number of carboxylic acid groups (broad SMARTS) is 1. The predicted molar refractivity (Wildman–Crippen MR) is 112 cm³/mol. The van der Waals surface area contributed by atoms with Crippen LogP contribution in [0.2, 0.25) is 5.02 Å². The Morgan fingerprint density at radius 1 is 1.25 bits per heavy atom. The van der Waals surface area contributed by atoms with E-state index in [0.29, 0.717) is 22.8 Å². The molecule has 0 atom stereocenters. The van der Waals surface area contributed by atoms with Crippen molar-refractivity contribution >= 4 is 46.6 Å². The molecule has 0 unspecified atom stereocenters. The summed E-state index contributed by atoms with van der Waals surface area (Å²) in [4.78, 5) is 30.9. The van der Waals surface area contributed by atoms with Crippen molar-refractivity contribution in [3.05, 3.63) is 64.3 Å². The SMILES string of the molecule is O=C(CCCSc1nonc1C(=Nc1ccc(F)c(Cl)c1)NO)c1ccc(C(=O)O)nc1. The van der Waals surface area contributed by atoms with Gasteiger partial charge in [0, 0.05) is 23.9 Å². The number of aliphatic imine (C=N–C) groups is 1. The molecule has 1 aromatic carbocycles. The van der Waals surface area contributed by atoms with Crippen molar-refractivity contribution < 1.29 is 28.9 Å². The van der Waals surface area contributed by atoms with Crippen LogP contribution in [0.1, 0.15) is 39.4 Å². The van der Waals surface area contributed by atoms with E-state index in [9.17, 15) is 19.2 Å². The second kappa shape index (κ2) is 10.8. The van der Waals surface area contributed by atoms with Gasteiger partial charge in [0.2, 0.25) is 0 Å². The van der Waals surface area contributed by atoms with Crippen LogP contribution in [0, 0.1) is 5.82 Å². The number of hydroxylamine groups is 1. The third-order valence-electron chi connectivity index (χ3n) is 4.02. The fraction of sp³-hybridized carbons (Fsp3) is 0.158. The summed E-state index contributed by atoms with van der Waals surface area (Å²) in [7, 11) is 0. The molecule has 0 aliphatic carbocycles. The quantitative estimate of drug-likeness (QED) is 0.103. The van der Waals surface area contributed by atoms with Crippen molar-refractivity contribution in [2.45, 2.75) is 17.9 Å². The topological polar surface area (TPSA) is 151 Å². The van der Waals surface area contributed by atoms with Crippen molar-refractivity contribution in [1.29, 1.82) is 0 Å². The van der Waals surface area contributed by atoms with Gasteiger partial charge in [-0.2, -0.15) is 0 Å². The zero-order valence-electron chi connectivity index (χ0n) is 16.2. The lowest BCUT2D eigenvalue weighted by Crippen LogP contribution is -2.21. The molecule has 3 aromatic rings. The number of rotatable bonds is 9. The van der Waals surface area contributed by atoms with Gasteiger partial charge in [-0.15, -0.1) is 11.8 Å². The lowest BCUT2D eigenvalue weighted by molar-refractivity contribution is 0.0689. The predicted octanol–water partition coefficient (Wildman–Crippen LogP) is 3.77. The van der Waals surface area contributed by atoms with Crippen LogP contribution in [0.15, 0.2) is 51.2 Å². The molecular weight excluding hydrogens is 465 g/mol. The molecule has 2 aromatic heterocycles. The van der Waals surface area contributed by atoms with Gasteiger partial charge < -0.3 is 5.11 Å². The number of carbonyl (C=O) groups excluding carboxylic acids is 1. The van der Waals surface area contributed by atoms with E-state index in [-0.39, 0.29) is 40.1 Å². The van der Waals surface area contributed by atoms with Crippen molar-refractivity contribution in [3.63, 3.8) is 0 Å². The first-order valence-corrected chi connectivity index (χ1v) is 10.4. The molecule has 0 fully saturated rings. The van der Waals surface area contributed by atoms with Gasteiger partial charge in [0.05, 0.1) is 10.7 Å². The number of Topliss-reactive ketones (excluding diaryl/α,β-unsaturated/α-hetero) is 1. The molecule has 0 bridgehead atoms. The minimum atomic E-state index is -1.17. The molecule has 10 nitrogen and oxygen atoms in total.